The second kappa shape index (κ2) is 8.47. The van der Waals surface area contributed by atoms with Crippen LogP contribution in [0.3, 0.4) is 0 Å². The van der Waals surface area contributed by atoms with Gasteiger partial charge in [0.1, 0.15) is 5.82 Å². The van der Waals surface area contributed by atoms with Crippen molar-refractivity contribution in [3.63, 3.8) is 0 Å². The van der Waals surface area contributed by atoms with Crippen LogP contribution in [0.4, 0.5) is 4.39 Å². The second-order valence-corrected chi connectivity index (χ2v) is 7.50. The molecule has 4 nitrogen and oxygen atoms in total. The van der Waals surface area contributed by atoms with Crippen LogP contribution in [0.1, 0.15) is 25.3 Å². The van der Waals surface area contributed by atoms with E-state index in [2.05, 4.69) is 11.8 Å². The van der Waals surface area contributed by atoms with Crippen molar-refractivity contribution in [1.82, 2.24) is 9.80 Å². The van der Waals surface area contributed by atoms with Crippen molar-refractivity contribution in [1.29, 1.82) is 0 Å². The summed E-state index contributed by atoms with van der Waals surface area (Å²) >= 11 is 5.87. The van der Waals surface area contributed by atoms with Crippen LogP contribution in [0.5, 0.6) is 0 Å². The Labute approximate surface area is 153 Å². The summed E-state index contributed by atoms with van der Waals surface area (Å²) in [5, 5.41) is 0.334. The minimum absolute atomic E-state index is 0.0548. The van der Waals surface area contributed by atoms with Crippen LogP contribution in [0.15, 0.2) is 18.2 Å². The molecule has 0 N–H and O–H groups in total. The number of rotatable bonds is 4. The van der Waals surface area contributed by atoms with E-state index in [9.17, 15) is 9.18 Å². The van der Waals surface area contributed by atoms with Crippen LogP contribution in [0.2, 0.25) is 5.02 Å². The highest BCUT2D eigenvalue weighted by Gasteiger charge is 2.30. The van der Waals surface area contributed by atoms with Crippen molar-refractivity contribution in [3.8, 4) is 0 Å². The average Bonchev–Trinajstić information content (AvgIpc) is 2.61. The van der Waals surface area contributed by atoms with Crippen LogP contribution in [0.25, 0.3) is 0 Å². The van der Waals surface area contributed by atoms with Gasteiger partial charge in [-0.15, -0.1) is 0 Å². The molecular formula is C19H26ClFN2O2. The molecule has 0 radical (unpaired) electrons. The van der Waals surface area contributed by atoms with Crippen molar-refractivity contribution in [2.75, 3.05) is 39.4 Å². The number of halogens is 2. The maximum Gasteiger partial charge on any atom is 0.226 e. The fourth-order valence-electron chi connectivity index (χ4n) is 3.91. The lowest BCUT2D eigenvalue weighted by molar-refractivity contribution is -0.132. The molecule has 1 atom stereocenters. The van der Waals surface area contributed by atoms with Crippen molar-refractivity contribution >= 4 is 17.5 Å². The van der Waals surface area contributed by atoms with Gasteiger partial charge >= 0.3 is 0 Å². The van der Waals surface area contributed by atoms with Crippen molar-refractivity contribution in [3.05, 3.63) is 34.6 Å². The third-order valence-electron chi connectivity index (χ3n) is 5.47. The molecule has 0 aliphatic carbocycles. The maximum atomic E-state index is 13.4. The van der Waals surface area contributed by atoms with Crippen LogP contribution in [-0.4, -0.2) is 61.1 Å². The Morgan fingerprint density at radius 2 is 1.92 bits per heavy atom. The van der Waals surface area contributed by atoms with Gasteiger partial charge in [0, 0.05) is 37.2 Å². The van der Waals surface area contributed by atoms with Gasteiger partial charge in [-0.2, -0.15) is 0 Å². The highest BCUT2D eigenvalue weighted by molar-refractivity contribution is 6.30. The Hall–Kier alpha value is -1.17. The summed E-state index contributed by atoms with van der Waals surface area (Å²) in [4.78, 5) is 16.9. The minimum atomic E-state index is -0.395. The van der Waals surface area contributed by atoms with Gasteiger partial charge in [0.05, 0.1) is 19.6 Å². The van der Waals surface area contributed by atoms with Crippen molar-refractivity contribution in [2.45, 2.75) is 32.2 Å². The molecule has 3 rings (SSSR count). The number of carbonyl (C=O) groups is 1. The molecular weight excluding hydrogens is 343 g/mol. The monoisotopic (exact) mass is 368 g/mol. The molecule has 2 aliphatic rings. The number of morpholine rings is 1. The summed E-state index contributed by atoms with van der Waals surface area (Å²) in [5.41, 5.74) is 0.638. The van der Waals surface area contributed by atoms with Gasteiger partial charge in [0.25, 0.3) is 0 Å². The second-order valence-electron chi connectivity index (χ2n) is 7.06. The predicted molar refractivity (Wildman–Crippen MR) is 96.3 cm³/mol. The van der Waals surface area contributed by atoms with E-state index in [0.29, 0.717) is 22.5 Å². The third kappa shape index (κ3) is 4.93. The molecule has 0 spiro atoms. The number of likely N-dealkylation sites (tertiary alicyclic amines) is 1. The number of piperidine rings is 1. The molecule has 0 unspecified atom stereocenters. The minimum Gasteiger partial charge on any atom is -0.379 e. The SMILES string of the molecule is C[C@@H](C1CCN(C(=O)Cc2cc(F)cc(Cl)c2)CC1)N1CCOCC1. The van der Waals surface area contributed by atoms with Gasteiger partial charge in [-0.3, -0.25) is 9.69 Å². The third-order valence-corrected chi connectivity index (χ3v) is 5.69. The van der Waals surface area contributed by atoms with Crippen molar-refractivity contribution in [2.24, 2.45) is 5.92 Å². The number of amides is 1. The number of carbonyl (C=O) groups excluding carboxylic acids is 1. The summed E-state index contributed by atoms with van der Waals surface area (Å²) < 4.78 is 18.8. The number of ether oxygens (including phenoxy) is 1. The summed E-state index contributed by atoms with van der Waals surface area (Å²) in [6.07, 6.45) is 2.25. The summed E-state index contributed by atoms with van der Waals surface area (Å²) in [6, 6.07) is 4.84. The molecule has 2 heterocycles. The fourth-order valence-corrected chi connectivity index (χ4v) is 4.16. The Morgan fingerprint density at radius 3 is 2.56 bits per heavy atom. The van der Waals surface area contributed by atoms with Gasteiger partial charge in [-0.1, -0.05) is 11.6 Å². The molecule has 1 aromatic rings. The first-order chi connectivity index (χ1) is 12.0. The molecule has 2 fully saturated rings. The quantitative estimate of drug-likeness (QED) is 0.819. The van der Waals surface area contributed by atoms with E-state index < -0.39 is 5.82 Å². The summed E-state index contributed by atoms with van der Waals surface area (Å²) in [6.45, 7) is 7.49. The largest absolute Gasteiger partial charge is 0.379 e. The Kier molecular flexibility index (Phi) is 6.31. The first kappa shape index (κ1) is 18.6. The zero-order valence-corrected chi connectivity index (χ0v) is 15.5. The lowest BCUT2D eigenvalue weighted by Gasteiger charge is -2.41. The Bertz CT molecular complexity index is 579. The lowest BCUT2D eigenvalue weighted by Crippen LogP contribution is -2.49. The number of nitrogens with zero attached hydrogens (tertiary/aromatic N) is 2. The van der Waals surface area contributed by atoms with Gasteiger partial charge in [-0.25, -0.2) is 4.39 Å². The first-order valence-electron chi connectivity index (χ1n) is 9.07. The normalized spacial score (nSPS) is 21.3. The number of hydrogen-bond acceptors (Lipinski definition) is 3. The molecule has 6 heteroatoms. The molecule has 25 heavy (non-hydrogen) atoms. The molecule has 0 bridgehead atoms. The van der Waals surface area contributed by atoms with E-state index in [4.69, 9.17) is 16.3 Å². The maximum absolute atomic E-state index is 13.4. The lowest BCUT2D eigenvalue weighted by atomic mass is 9.89. The molecule has 138 valence electrons. The Morgan fingerprint density at radius 1 is 1.24 bits per heavy atom. The van der Waals surface area contributed by atoms with Crippen LogP contribution in [0, 0.1) is 11.7 Å². The topological polar surface area (TPSA) is 32.8 Å². The molecule has 2 aliphatic heterocycles. The van der Waals surface area contributed by atoms with Crippen molar-refractivity contribution < 1.29 is 13.9 Å². The van der Waals surface area contributed by atoms with Gasteiger partial charge in [-0.05, 0) is 49.4 Å². The smallest absolute Gasteiger partial charge is 0.226 e. The standard InChI is InChI=1S/C19H26ClFN2O2/c1-14(22-6-8-25-9-7-22)16-2-4-23(5-3-16)19(24)12-15-10-17(20)13-18(21)11-15/h10-11,13-14,16H,2-9,12H2,1H3/t14-/m0/s1. The number of hydrogen-bond donors (Lipinski definition) is 0. The fraction of sp³-hybridized carbons (Fsp3) is 0.632. The Balaban J connectivity index is 1.50. The summed E-state index contributed by atoms with van der Waals surface area (Å²) in [5.74, 6) is 0.276. The highest BCUT2D eigenvalue weighted by atomic mass is 35.5. The molecule has 1 aromatic carbocycles. The molecule has 2 saturated heterocycles. The van der Waals surface area contributed by atoms with E-state index in [-0.39, 0.29) is 12.3 Å². The van der Waals surface area contributed by atoms with Gasteiger partial charge < -0.3 is 9.64 Å². The zero-order chi connectivity index (χ0) is 17.8. The van der Waals surface area contributed by atoms with Gasteiger partial charge in [0.2, 0.25) is 5.91 Å². The van der Waals surface area contributed by atoms with E-state index in [1.807, 2.05) is 4.90 Å². The van der Waals surface area contributed by atoms with Crippen LogP contribution in [-0.2, 0) is 16.0 Å². The number of benzene rings is 1. The zero-order valence-electron chi connectivity index (χ0n) is 14.7. The highest BCUT2D eigenvalue weighted by Crippen LogP contribution is 2.25. The summed E-state index contributed by atoms with van der Waals surface area (Å²) in [7, 11) is 0. The van der Waals surface area contributed by atoms with Crippen LogP contribution >= 0.6 is 11.6 Å². The molecule has 0 aromatic heterocycles. The van der Waals surface area contributed by atoms with Crippen LogP contribution < -0.4 is 0 Å². The van der Waals surface area contributed by atoms with E-state index >= 15 is 0 Å². The molecule has 1 amide bonds. The van der Waals surface area contributed by atoms with E-state index in [0.717, 1.165) is 52.2 Å². The van der Waals surface area contributed by atoms with E-state index in [1.165, 1.54) is 12.1 Å². The first-order valence-corrected chi connectivity index (χ1v) is 9.45. The average molecular weight is 369 g/mol. The van der Waals surface area contributed by atoms with E-state index in [1.54, 1.807) is 6.07 Å². The van der Waals surface area contributed by atoms with Gasteiger partial charge in [0.15, 0.2) is 0 Å². The molecule has 0 saturated carbocycles. The predicted octanol–water partition coefficient (Wildman–Crippen LogP) is 2.98.